The number of unbranched alkanes of at least 4 members (excludes halogenated alkanes) is 1. The van der Waals surface area contributed by atoms with Crippen LogP contribution in [0.2, 0.25) is 0 Å². The number of benzene rings is 3. The molecule has 0 spiro atoms. The van der Waals surface area contributed by atoms with E-state index in [1.165, 1.54) is 24.8 Å². The number of phenolic OH excluding ortho intramolecular Hbond substituents is 1. The summed E-state index contributed by atoms with van der Waals surface area (Å²) in [7, 11) is 3.09. The van der Waals surface area contributed by atoms with Crippen molar-refractivity contribution in [2.24, 2.45) is 0 Å². The zero-order chi connectivity index (χ0) is 26.4. The topological polar surface area (TPSA) is 92.4 Å². The Morgan fingerprint density at radius 3 is 2.38 bits per heavy atom. The van der Waals surface area contributed by atoms with Crippen molar-refractivity contribution in [1.29, 1.82) is 0 Å². The van der Waals surface area contributed by atoms with Crippen molar-refractivity contribution in [3.63, 3.8) is 0 Å². The maximum Gasteiger partial charge on any atom is 0.235 e. The Bertz CT molecular complexity index is 1410. The van der Waals surface area contributed by atoms with Crippen LogP contribution < -0.4 is 14.9 Å². The summed E-state index contributed by atoms with van der Waals surface area (Å²) in [5.74, 6) is 0.407. The molecule has 0 fully saturated rings. The van der Waals surface area contributed by atoms with Gasteiger partial charge in [0.1, 0.15) is 5.75 Å². The molecule has 0 unspecified atom stereocenters. The van der Waals surface area contributed by atoms with Gasteiger partial charge < -0.3 is 24.1 Å². The van der Waals surface area contributed by atoms with Gasteiger partial charge in [0, 0.05) is 17.7 Å². The average molecular weight is 504 g/mol. The molecule has 7 nitrogen and oxygen atoms in total. The van der Waals surface area contributed by atoms with Crippen molar-refractivity contribution in [2.45, 2.75) is 32.7 Å². The molecular weight excluding hydrogens is 470 g/mol. The van der Waals surface area contributed by atoms with Gasteiger partial charge in [-0.2, -0.15) is 0 Å². The Hall–Kier alpha value is -3.97. The number of fused-ring (bicyclic) bond motifs is 1. The first-order chi connectivity index (χ1) is 18.0. The Labute approximate surface area is 216 Å². The van der Waals surface area contributed by atoms with E-state index in [0.29, 0.717) is 5.56 Å². The number of aromatic hydroxyl groups is 2. The fraction of sp³-hybridized carbons (Fsp3) is 0.300. The van der Waals surface area contributed by atoms with Crippen LogP contribution in [0.25, 0.3) is 22.3 Å². The van der Waals surface area contributed by atoms with Gasteiger partial charge >= 0.3 is 0 Å². The zero-order valence-electron chi connectivity index (χ0n) is 21.5. The lowest BCUT2D eigenvalue weighted by molar-refractivity contribution is 0.269. The summed E-state index contributed by atoms with van der Waals surface area (Å²) < 4.78 is 16.6. The molecule has 1 aromatic heterocycles. The summed E-state index contributed by atoms with van der Waals surface area (Å²) in [6, 6.07) is 18.5. The predicted octanol–water partition coefficient (Wildman–Crippen LogP) is 5.73. The number of hydrogen-bond donors (Lipinski definition) is 2. The second-order valence-corrected chi connectivity index (χ2v) is 8.94. The minimum absolute atomic E-state index is 0.0443. The average Bonchev–Trinajstić information content (AvgIpc) is 2.92. The number of para-hydroxylation sites is 1. The number of hydrogen-bond acceptors (Lipinski definition) is 7. The fourth-order valence-corrected chi connectivity index (χ4v) is 4.52. The Morgan fingerprint density at radius 1 is 0.919 bits per heavy atom. The van der Waals surface area contributed by atoms with E-state index in [2.05, 4.69) is 17.9 Å². The van der Waals surface area contributed by atoms with Crippen molar-refractivity contribution >= 4 is 11.0 Å². The van der Waals surface area contributed by atoms with Crippen LogP contribution in [0, 0.1) is 0 Å². The van der Waals surface area contributed by atoms with Crippen LogP contribution in [0.1, 0.15) is 30.9 Å². The van der Waals surface area contributed by atoms with Gasteiger partial charge in [0.2, 0.25) is 16.9 Å². The number of ether oxygens (including phenoxy) is 2. The standard InChI is InChI=1S/C30H33NO6/c1-4-31(19-22-10-5-6-11-25(22)35-2)18-8-7-9-20-12-14-21(15-13-20)28-27(34)26(33)23-16-17-24(32)30(36-3)29(23)37-28/h5-6,10-17,32,34H,4,7-9,18-19H2,1-3H3. The molecule has 0 atom stereocenters. The molecule has 1 heterocycles. The fourth-order valence-electron chi connectivity index (χ4n) is 4.52. The molecule has 0 amide bonds. The second kappa shape index (κ2) is 11.8. The highest BCUT2D eigenvalue weighted by Gasteiger charge is 2.20. The predicted molar refractivity (Wildman–Crippen MR) is 145 cm³/mol. The first kappa shape index (κ1) is 26.1. The number of methoxy groups -OCH3 is 2. The van der Waals surface area contributed by atoms with Gasteiger partial charge in [0.25, 0.3) is 0 Å². The van der Waals surface area contributed by atoms with Gasteiger partial charge in [0.15, 0.2) is 17.1 Å². The minimum atomic E-state index is -0.577. The molecule has 2 N–H and O–H groups in total. The van der Waals surface area contributed by atoms with Crippen molar-refractivity contribution in [2.75, 3.05) is 27.3 Å². The van der Waals surface area contributed by atoms with Gasteiger partial charge in [0.05, 0.1) is 19.6 Å². The van der Waals surface area contributed by atoms with Crippen LogP contribution in [0.3, 0.4) is 0 Å². The molecule has 3 aromatic carbocycles. The van der Waals surface area contributed by atoms with Gasteiger partial charge in [-0.3, -0.25) is 9.69 Å². The molecule has 4 aromatic rings. The first-order valence-corrected chi connectivity index (χ1v) is 12.5. The third kappa shape index (κ3) is 5.73. The van der Waals surface area contributed by atoms with Gasteiger partial charge in [-0.05, 0) is 56.1 Å². The molecule has 37 heavy (non-hydrogen) atoms. The van der Waals surface area contributed by atoms with Crippen LogP contribution in [-0.4, -0.2) is 42.4 Å². The van der Waals surface area contributed by atoms with Crippen LogP contribution in [0.5, 0.6) is 23.0 Å². The van der Waals surface area contributed by atoms with E-state index in [-0.39, 0.29) is 28.2 Å². The molecule has 0 aliphatic carbocycles. The van der Waals surface area contributed by atoms with Gasteiger partial charge in [-0.15, -0.1) is 0 Å². The SMILES string of the molecule is CCN(CCCCc1ccc(-c2oc3c(OC)c(O)ccc3c(=O)c2O)cc1)Cc1ccccc1OC. The zero-order valence-corrected chi connectivity index (χ0v) is 21.5. The molecule has 4 rings (SSSR count). The molecule has 0 bridgehead atoms. The summed E-state index contributed by atoms with van der Waals surface area (Å²) in [4.78, 5) is 15.1. The minimum Gasteiger partial charge on any atom is -0.504 e. The van der Waals surface area contributed by atoms with E-state index < -0.39 is 11.2 Å². The summed E-state index contributed by atoms with van der Waals surface area (Å²) in [6.07, 6.45) is 3.02. The molecule has 0 radical (unpaired) electrons. The number of aryl methyl sites for hydroxylation is 1. The highest BCUT2D eigenvalue weighted by Crippen LogP contribution is 2.38. The first-order valence-electron chi connectivity index (χ1n) is 12.5. The lowest BCUT2D eigenvalue weighted by Crippen LogP contribution is -2.24. The third-order valence-corrected chi connectivity index (χ3v) is 6.61. The Kier molecular flexibility index (Phi) is 8.36. The molecule has 0 saturated carbocycles. The van der Waals surface area contributed by atoms with Crippen LogP contribution >= 0.6 is 0 Å². The third-order valence-electron chi connectivity index (χ3n) is 6.61. The molecule has 0 aliphatic heterocycles. The molecule has 0 aliphatic rings. The van der Waals surface area contributed by atoms with E-state index >= 15 is 0 Å². The monoisotopic (exact) mass is 503 g/mol. The maximum absolute atomic E-state index is 12.7. The van der Waals surface area contributed by atoms with E-state index in [9.17, 15) is 15.0 Å². The molecule has 7 heteroatoms. The highest BCUT2D eigenvalue weighted by molar-refractivity contribution is 5.88. The number of phenols is 1. The molecular formula is C30H33NO6. The maximum atomic E-state index is 12.7. The van der Waals surface area contributed by atoms with Crippen LogP contribution in [-0.2, 0) is 13.0 Å². The summed E-state index contributed by atoms with van der Waals surface area (Å²) >= 11 is 0. The summed E-state index contributed by atoms with van der Waals surface area (Å²) in [5, 5.41) is 20.7. The number of nitrogens with zero attached hydrogens (tertiary/aromatic N) is 1. The number of rotatable bonds is 11. The van der Waals surface area contributed by atoms with E-state index in [4.69, 9.17) is 13.9 Å². The Morgan fingerprint density at radius 2 is 1.68 bits per heavy atom. The van der Waals surface area contributed by atoms with E-state index in [1.807, 2.05) is 42.5 Å². The van der Waals surface area contributed by atoms with Crippen molar-refractivity contribution < 1.29 is 24.1 Å². The summed E-state index contributed by atoms with van der Waals surface area (Å²) in [6.45, 7) is 5.00. The van der Waals surface area contributed by atoms with E-state index in [0.717, 1.165) is 50.2 Å². The largest absolute Gasteiger partial charge is 0.504 e. The normalized spacial score (nSPS) is 11.2. The lowest BCUT2D eigenvalue weighted by Gasteiger charge is -2.21. The van der Waals surface area contributed by atoms with Crippen molar-refractivity contribution in [3.8, 4) is 34.3 Å². The smallest absolute Gasteiger partial charge is 0.235 e. The van der Waals surface area contributed by atoms with Crippen molar-refractivity contribution in [1.82, 2.24) is 4.90 Å². The molecule has 0 saturated heterocycles. The lowest BCUT2D eigenvalue weighted by atomic mass is 10.0. The van der Waals surface area contributed by atoms with Crippen LogP contribution in [0.4, 0.5) is 0 Å². The Balaban J connectivity index is 1.40. The highest BCUT2D eigenvalue weighted by atomic mass is 16.5. The molecule has 194 valence electrons. The van der Waals surface area contributed by atoms with Gasteiger partial charge in [-0.25, -0.2) is 0 Å². The van der Waals surface area contributed by atoms with Gasteiger partial charge in [-0.1, -0.05) is 49.4 Å². The second-order valence-electron chi connectivity index (χ2n) is 8.94. The van der Waals surface area contributed by atoms with Crippen LogP contribution in [0.15, 0.2) is 69.9 Å². The summed E-state index contributed by atoms with van der Waals surface area (Å²) in [5.41, 5.74) is 2.44. The van der Waals surface area contributed by atoms with E-state index in [1.54, 1.807) is 7.11 Å². The quantitative estimate of drug-likeness (QED) is 0.252. The van der Waals surface area contributed by atoms with Crippen molar-refractivity contribution in [3.05, 3.63) is 82.0 Å².